The summed E-state index contributed by atoms with van der Waals surface area (Å²) in [4.78, 5) is 20.8. The Morgan fingerprint density at radius 2 is 1.57 bits per heavy atom. The molecule has 5 rings (SSSR count). The molecule has 2 heterocycles. The van der Waals surface area contributed by atoms with E-state index in [9.17, 15) is 4.79 Å². The fraction of sp³-hybridized carbons (Fsp3) is 0.0435. The molecule has 1 unspecified atom stereocenters. The predicted octanol–water partition coefficient (Wildman–Crippen LogP) is 7.64. The lowest BCUT2D eigenvalue weighted by Gasteiger charge is -2.20. The molecule has 0 bridgehead atoms. The molecule has 1 amide bonds. The normalized spacial score (nSPS) is 17.9. The number of anilines is 1. The summed E-state index contributed by atoms with van der Waals surface area (Å²) in [6, 6.07) is 24.1. The van der Waals surface area contributed by atoms with Crippen LogP contribution in [0.4, 0.5) is 5.13 Å². The van der Waals surface area contributed by atoms with Crippen LogP contribution < -0.4 is 4.90 Å². The van der Waals surface area contributed by atoms with Crippen molar-refractivity contribution < 1.29 is 4.79 Å². The lowest BCUT2D eigenvalue weighted by molar-refractivity contribution is -0.114. The fourth-order valence-electron chi connectivity index (χ4n) is 3.25. The number of benzene rings is 3. The van der Waals surface area contributed by atoms with Crippen molar-refractivity contribution in [2.75, 3.05) is 4.90 Å². The first-order chi connectivity index (χ1) is 14.6. The van der Waals surface area contributed by atoms with E-state index in [0.29, 0.717) is 4.91 Å². The van der Waals surface area contributed by atoms with E-state index >= 15 is 0 Å². The summed E-state index contributed by atoms with van der Waals surface area (Å²) < 4.78 is 3.10. The van der Waals surface area contributed by atoms with E-state index in [0.717, 1.165) is 35.4 Å². The van der Waals surface area contributed by atoms with Crippen LogP contribution in [0.1, 0.15) is 16.5 Å². The van der Waals surface area contributed by atoms with Crippen molar-refractivity contribution in [1.82, 2.24) is 4.98 Å². The molecule has 0 aliphatic carbocycles. The quantitative estimate of drug-likeness (QED) is 0.243. The summed E-state index contributed by atoms with van der Waals surface area (Å²) in [6.45, 7) is 0. The Balaban J connectivity index is 1.59. The lowest BCUT2D eigenvalue weighted by atomic mass is 10.2. The third-order valence-corrected chi connectivity index (χ3v) is 8.06. The maximum Gasteiger partial charge on any atom is 0.267 e. The first kappa shape index (κ1) is 20.0. The number of carbonyl (C=O) groups excluding carboxylic acids is 1. The second-order valence-corrected chi connectivity index (χ2v) is 10.7. The van der Waals surface area contributed by atoms with E-state index in [2.05, 4.69) is 44.0 Å². The summed E-state index contributed by atoms with van der Waals surface area (Å²) in [5, 5.41) is 0.564. The van der Waals surface area contributed by atoms with E-state index in [1.807, 2.05) is 71.6 Å². The van der Waals surface area contributed by atoms with Gasteiger partial charge in [0.05, 0.1) is 15.1 Å². The van der Waals surface area contributed by atoms with E-state index in [1.54, 1.807) is 23.1 Å². The zero-order chi connectivity index (χ0) is 20.7. The van der Waals surface area contributed by atoms with Crippen LogP contribution in [0.25, 0.3) is 16.3 Å². The van der Waals surface area contributed by atoms with Gasteiger partial charge in [-0.2, -0.15) is 0 Å². The summed E-state index contributed by atoms with van der Waals surface area (Å²) in [6.07, 6.45) is 1.96. The second kappa shape index (κ2) is 8.30. The maximum atomic E-state index is 13.5. The number of nitrogens with zero attached hydrogens (tertiary/aromatic N) is 2. The first-order valence-electron chi connectivity index (χ1n) is 9.17. The van der Waals surface area contributed by atoms with Crippen LogP contribution in [0, 0.1) is 0 Å². The van der Waals surface area contributed by atoms with E-state index in [-0.39, 0.29) is 11.3 Å². The number of carbonyl (C=O) groups is 1. The molecule has 148 valence electrons. The van der Waals surface area contributed by atoms with Crippen molar-refractivity contribution in [2.24, 2.45) is 0 Å². The first-order valence-corrected chi connectivity index (χ1v) is 12.5. The number of rotatable bonds is 3. The van der Waals surface area contributed by atoms with Crippen LogP contribution in [0.3, 0.4) is 0 Å². The van der Waals surface area contributed by atoms with Crippen molar-refractivity contribution in [1.29, 1.82) is 0 Å². The molecule has 1 aromatic heterocycles. The van der Waals surface area contributed by atoms with Gasteiger partial charge in [0.1, 0.15) is 5.37 Å². The Morgan fingerprint density at radius 1 is 0.900 bits per heavy atom. The standard InChI is InChI=1S/C23H14Br2N2OS2/c24-16-9-5-14(6-10-16)13-20-21(28)27(22(29-20)15-7-11-17(25)12-8-15)23-26-18-3-1-2-4-19(18)30-23/h1-13,22H/b20-13-. The Labute approximate surface area is 199 Å². The molecule has 4 aromatic rings. The lowest BCUT2D eigenvalue weighted by Crippen LogP contribution is -2.27. The number of hydrogen-bond acceptors (Lipinski definition) is 4. The monoisotopic (exact) mass is 556 g/mol. The van der Waals surface area contributed by atoms with E-state index in [4.69, 9.17) is 4.98 Å². The van der Waals surface area contributed by atoms with Gasteiger partial charge < -0.3 is 0 Å². The Hall–Kier alpha value is -1.93. The maximum absolute atomic E-state index is 13.5. The Bertz CT molecular complexity index is 1230. The third kappa shape index (κ3) is 3.87. The molecule has 0 N–H and O–H groups in total. The summed E-state index contributed by atoms with van der Waals surface area (Å²) >= 11 is 10.1. The van der Waals surface area contributed by atoms with Gasteiger partial charge in [0.15, 0.2) is 5.13 Å². The van der Waals surface area contributed by atoms with Gasteiger partial charge in [-0.05, 0) is 53.6 Å². The molecule has 1 fully saturated rings. The number of fused-ring (bicyclic) bond motifs is 1. The topological polar surface area (TPSA) is 33.2 Å². The van der Waals surface area contributed by atoms with Crippen molar-refractivity contribution in [3.8, 4) is 0 Å². The molecule has 0 radical (unpaired) electrons. The smallest absolute Gasteiger partial charge is 0.267 e. The number of hydrogen-bond donors (Lipinski definition) is 0. The van der Waals surface area contributed by atoms with Gasteiger partial charge in [-0.3, -0.25) is 9.69 Å². The van der Waals surface area contributed by atoms with Gasteiger partial charge in [0.2, 0.25) is 0 Å². The molecule has 3 nitrogen and oxygen atoms in total. The molecular weight excluding hydrogens is 544 g/mol. The average molecular weight is 558 g/mol. The summed E-state index contributed by atoms with van der Waals surface area (Å²) in [7, 11) is 0. The molecule has 1 aliphatic rings. The number of amides is 1. The molecule has 0 spiro atoms. The minimum absolute atomic E-state index is 0.0186. The molecule has 1 saturated heterocycles. The van der Waals surface area contributed by atoms with Crippen molar-refractivity contribution in [2.45, 2.75) is 5.37 Å². The fourth-order valence-corrected chi connectivity index (χ4v) is 6.08. The number of aromatic nitrogens is 1. The third-order valence-electron chi connectivity index (χ3n) is 4.71. The van der Waals surface area contributed by atoms with Gasteiger partial charge in [0.25, 0.3) is 5.91 Å². The minimum Gasteiger partial charge on any atom is -0.268 e. The molecule has 3 aromatic carbocycles. The molecule has 0 saturated carbocycles. The Morgan fingerprint density at radius 3 is 2.27 bits per heavy atom. The van der Waals surface area contributed by atoms with Gasteiger partial charge >= 0.3 is 0 Å². The highest BCUT2D eigenvalue weighted by molar-refractivity contribution is 9.10. The minimum atomic E-state index is -0.159. The van der Waals surface area contributed by atoms with E-state index < -0.39 is 0 Å². The average Bonchev–Trinajstić information content (AvgIpc) is 3.31. The largest absolute Gasteiger partial charge is 0.268 e. The number of para-hydroxylation sites is 1. The molecule has 1 aliphatic heterocycles. The van der Waals surface area contributed by atoms with Gasteiger partial charge in [-0.15, -0.1) is 0 Å². The van der Waals surface area contributed by atoms with Gasteiger partial charge in [-0.25, -0.2) is 4.98 Å². The zero-order valence-corrected chi connectivity index (χ0v) is 20.3. The summed E-state index contributed by atoms with van der Waals surface area (Å²) in [5.74, 6) is -0.0186. The van der Waals surface area contributed by atoms with E-state index in [1.165, 1.54) is 0 Å². The molecule has 7 heteroatoms. The zero-order valence-electron chi connectivity index (χ0n) is 15.5. The van der Waals surface area contributed by atoms with Gasteiger partial charge in [-0.1, -0.05) is 91.4 Å². The Kier molecular flexibility index (Phi) is 5.54. The van der Waals surface area contributed by atoms with Crippen LogP contribution in [0.15, 0.2) is 86.6 Å². The highest BCUT2D eigenvalue weighted by atomic mass is 79.9. The van der Waals surface area contributed by atoms with Crippen LogP contribution in [0.5, 0.6) is 0 Å². The number of thiazole rings is 1. The van der Waals surface area contributed by atoms with Crippen molar-refractivity contribution in [3.63, 3.8) is 0 Å². The van der Waals surface area contributed by atoms with Gasteiger partial charge in [0, 0.05) is 8.95 Å². The number of halogens is 2. The summed E-state index contributed by atoms with van der Waals surface area (Å²) in [5.41, 5.74) is 2.97. The SMILES string of the molecule is O=C1/C(=C/c2ccc(Br)cc2)SC(c2ccc(Br)cc2)N1c1nc2ccccc2s1. The number of thioether (sulfide) groups is 1. The van der Waals surface area contributed by atoms with Crippen molar-refractivity contribution in [3.05, 3.63) is 97.8 Å². The van der Waals surface area contributed by atoms with Crippen LogP contribution >= 0.6 is 55.0 Å². The van der Waals surface area contributed by atoms with Crippen LogP contribution in [0.2, 0.25) is 0 Å². The van der Waals surface area contributed by atoms with Crippen LogP contribution in [-0.4, -0.2) is 10.9 Å². The van der Waals surface area contributed by atoms with Crippen molar-refractivity contribution >= 4 is 82.3 Å². The predicted molar refractivity (Wildman–Crippen MR) is 134 cm³/mol. The second-order valence-electron chi connectivity index (χ2n) is 6.72. The molecule has 30 heavy (non-hydrogen) atoms. The highest BCUT2D eigenvalue weighted by Crippen LogP contribution is 2.49. The van der Waals surface area contributed by atoms with Crippen LogP contribution in [-0.2, 0) is 4.79 Å². The molecule has 1 atom stereocenters. The highest BCUT2D eigenvalue weighted by Gasteiger charge is 2.39. The molecular formula is C23H14Br2N2OS2.